The van der Waals surface area contributed by atoms with Crippen LogP contribution >= 0.6 is 0 Å². The number of amides is 1. The van der Waals surface area contributed by atoms with Crippen molar-refractivity contribution in [1.82, 2.24) is 47.9 Å². The average molecular weight is 1470 g/mol. The standard InChI is InChI=1S/C21H33N3O4S.C18H27N3O4S.C15H18N2O5S.C15H22N2O4S/c1-17(25)18-7-9-20(10-8-18)29(26,27)24-19(6-4-5-15-23(2)3)16-28-21(24)11-13-22-14-12-21;1-14(22)15-4-6-17(7-5-15)26(23,24)21-16(12-20(2)3)13-25-18(21)8-10-19-11-9-18;1-11(18)12-2-4-13(5-3-12)23(20,21)17-8-6-15(7-9-17)16-14(19)10-22-15;1-16-9-7-15(8-10-16)17(11-12-21-15)22(18,19)14-5-3-13(20-2)4-6-14/h7-10,19,22H,4-6,11-16H2,1-3H3;4-7,16,19H,8-13H2,1-3H3;2-5H,6-10H2,1H3,(H,16,19);3-6H,7-12H2,1-2H3. The Hall–Kier alpha value is -5.56. The number of hydrogen-bond acceptors (Lipinski definition) is 22. The van der Waals surface area contributed by atoms with Gasteiger partial charge in [-0.05, 0) is 162 Å². The van der Waals surface area contributed by atoms with Gasteiger partial charge in [-0.1, -0.05) is 42.8 Å². The molecule has 552 valence electrons. The molecule has 27 nitrogen and oxygen atoms in total. The van der Waals surface area contributed by atoms with Gasteiger partial charge in [0.05, 0.1) is 58.6 Å². The number of nitrogens with one attached hydrogen (secondary N) is 3. The van der Waals surface area contributed by atoms with E-state index in [1.807, 2.05) is 40.1 Å². The molecule has 8 aliphatic rings. The predicted octanol–water partition coefficient (Wildman–Crippen LogP) is 4.66. The number of likely N-dealkylation sites (tertiary alicyclic amines) is 1. The molecule has 2 atom stereocenters. The lowest BCUT2D eigenvalue weighted by atomic mass is 10.0. The highest BCUT2D eigenvalue weighted by Gasteiger charge is 2.56. The van der Waals surface area contributed by atoms with E-state index in [9.17, 15) is 52.8 Å². The fourth-order valence-corrected chi connectivity index (χ4v) is 21.2. The summed E-state index contributed by atoms with van der Waals surface area (Å²) < 4.78 is 141. The normalized spacial score (nSPS) is 22.6. The highest BCUT2D eigenvalue weighted by atomic mass is 32.2. The molecule has 1 amide bonds. The second kappa shape index (κ2) is 33.0. The van der Waals surface area contributed by atoms with Crippen LogP contribution in [-0.4, -0.2) is 265 Å². The molecule has 4 spiro atoms. The lowest BCUT2D eigenvalue weighted by Gasteiger charge is -2.41. The Kier molecular flexibility index (Phi) is 26.0. The highest BCUT2D eigenvalue weighted by molar-refractivity contribution is 7.90. The minimum absolute atomic E-state index is 0.0270. The van der Waals surface area contributed by atoms with Gasteiger partial charge in [0.2, 0.25) is 46.0 Å². The maximum atomic E-state index is 13.7. The molecule has 0 aliphatic carbocycles. The number of ether oxygens (including phenoxy) is 5. The Morgan fingerprint density at radius 3 is 1.36 bits per heavy atom. The van der Waals surface area contributed by atoms with Crippen LogP contribution < -0.4 is 20.7 Å². The van der Waals surface area contributed by atoms with Gasteiger partial charge in [-0.25, -0.2) is 33.7 Å². The number of carbonyl (C=O) groups is 4. The van der Waals surface area contributed by atoms with E-state index in [0.29, 0.717) is 107 Å². The van der Waals surface area contributed by atoms with Crippen molar-refractivity contribution in [2.75, 3.05) is 141 Å². The van der Waals surface area contributed by atoms with Gasteiger partial charge in [0, 0.05) is 107 Å². The third-order valence-corrected chi connectivity index (χ3v) is 27.6. The molecule has 0 saturated carbocycles. The number of sulfonamides is 4. The second-order valence-electron chi connectivity index (χ2n) is 27.3. The molecule has 0 radical (unpaired) electrons. The van der Waals surface area contributed by atoms with Crippen LogP contribution in [-0.2, 0) is 63.8 Å². The van der Waals surface area contributed by atoms with Crippen molar-refractivity contribution in [3.8, 4) is 5.75 Å². The molecule has 8 fully saturated rings. The van der Waals surface area contributed by atoms with E-state index in [4.69, 9.17) is 23.7 Å². The molecule has 0 aromatic heterocycles. The lowest BCUT2D eigenvalue weighted by Crippen LogP contribution is -2.57. The Morgan fingerprint density at radius 2 is 0.940 bits per heavy atom. The SMILES string of the molecule is CC(=O)c1ccc(S(=O)(=O)N2C(CCCCN(C)C)COC23CCNCC3)cc1.CC(=O)c1ccc(S(=O)(=O)N2C(CN(C)C)COC23CCNCC3)cc1.CC(=O)c1ccc(S(=O)(=O)N2CCC3(CC2)NC(=O)CO3)cc1.COc1ccc(S(=O)(=O)N2CCOC23CCN(C)CC3)cc1. The van der Waals surface area contributed by atoms with E-state index >= 15 is 0 Å². The van der Waals surface area contributed by atoms with Gasteiger partial charge < -0.3 is 54.3 Å². The fraction of sp³-hybridized carbons (Fsp3) is 0.594. The monoisotopic (exact) mass is 1470 g/mol. The van der Waals surface area contributed by atoms with Crippen LogP contribution in [0.4, 0.5) is 0 Å². The van der Waals surface area contributed by atoms with E-state index in [2.05, 4.69) is 25.8 Å². The fourth-order valence-electron chi connectivity index (χ4n) is 14.2. The van der Waals surface area contributed by atoms with Crippen molar-refractivity contribution in [3.63, 3.8) is 0 Å². The number of hydrogen-bond donors (Lipinski definition) is 3. The summed E-state index contributed by atoms with van der Waals surface area (Å²) in [5.41, 5.74) is -1.46. The van der Waals surface area contributed by atoms with E-state index in [-0.39, 0.29) is 74.6 Å². The summed E-state index contributed by atoms with van der Waals surface area (Å²) in [4.78, 5) is 52.8. The van der Waals surface area contributed by atoms with Crippen LogP contribution in [0.3, 0.4) is 0 Å². The Balaban J connectivity index is 0.000000156. The van der Waals surface area contributed by atoms with Crippen molar-refractivity contribution in [2.24, 2.45) is 0 Å². The van der Waals surface area contributed by atoms with Gasteiger partial charge >= 0.3 is 0 Å². The first-order chi connectivity index (χ1) is 47.3. The summed E-state index contributed by atoms with van der Waals surface area (Å²) >= 11 is 0. The van der Waals surface area contributed by atoms with Crippen LogP contribution in [0.5, 0.6) is 5.75 Å². The highest BCUT2D eigenvalue weighted by Crippen LogP contribution is 2.44. The number of Topliss-reactive ketones (excluding diaryl/α,β-unsaturated/α-hetero) is 3. The number of nitrogens with zero attached hydrogens (tertiary/aromatic N) is 7. The number of methoxy groups -OCH3 is 1. The lowest BCUT2D eigenvalue weighted by molar-refractivity contribution is -0.119. The van der Waals surface area contributed by atoms with Gasteiger partial charge in [-0.15, -0.1) is 0 Å². The topological polar surface area (TPSA) is 310 Å². The Bertz CT molecular complexity index is 3930. The third kappa shape index (κ3) is 18.0. The van der Waals surface area contributed by atoms with Crippen molar-refractivity contribution >= 4 is 63.4 Å². The molecule has 3 N–H and O–H groups in total. The van der Waals surface area contributed by atoms with Crippen molar-refractivity contribution < 1.29 is 76.5 Å². The van der Waals surface area contributed by atoms with E-state index in [1.165, 1.54) is 61.5 Å². The van der Waals surface area contributed by atoms with Crippen molar-refractivity contribution in [2.45, 2.75) is 146 Å². The molecule has 2 unspecified atom stereocenters. The molecule has 0 bridgehead atoms. The molecule has 4 aromatic rings. The van der Waals surface area contributed by atoms with E-state index in [1.54, 1.807) is 80.7 Å². The first kappa shape index (κ1) is 78.6. The summed E-state index contributed by atoms with van der Waals surface area (Å²) in [6.07, 6.45) is 7.56. The summed E-state index contributed by atoms with van der Waals surface area (Å²) in [5, 5.41) is 9.36. The first-order valence-corrected chi connectivity index (χ1v) is 39.9. The Morgan fingerprint density at radius 1 is 0.510 bits per heavy atom. The number of benzene rings is 4. The maximum absolute atomic E-state index is 13.7. The van der Waals surface area contributed by atoms with Gasteiger partial charge in [-0.3, -0.25) is 19.2 Å². The van der Waals surface area contributed by atoms with Crippen LogP contribution in [0.1, 0.15) is 122 Å². The zero-order valence-electron chi connectivity index (χ0n) is 59.0. The number of rotatable bonds is 19. The summed E-state index contributed by atoms with van der Waals surface area (Å²) in [6, 6.07) is 24.5. The van der Waals surface area contributed by atoms with Gasteiger partial charge in [-0.2, -0.15) is 17.2 Å². The summed E-state index contributed by atoms with van der Waals surface area (Å²) in [6.45, 7) is 12.9. The molecule has 31 heteroatoms. The van der Waals surface area contributed by atoms with Crippen LogP contribution in [0.25, 0.3) is 0 Å². The molecule has 12 rings (SSSR count). The van der Waals surface area contributed by atoms with Crippen molar-refractivity contribution in [3.05, 3.63) is 114 Å². The summed E-state index contributed by atoms with van der Waals surface area (Å²) in [7, 11) is -3.08. The largest absolute Gasteiger partial charge is 0.497 e. The molecular formula is C69H100N10O17S4. The first-order valence-electron chi connectivity index (χ1n) is 34.2. The number of ketones is 3. The number of likely N-dealkylation sites (N-methyl/N-ethyl adjacent to an activating group) is 1. The van der Waals surface area contributed by atoms with Crippen LogP contribution in [0.2, 0.25) is 0 Å². The van der Waals surface area contributed by atoms with Crippen LogP contribution in [0.15, 0.2) is 117 Å². The van der Waals surface area contributed by atoms with Gasteiger partial charge in [0.1, 0.15) is 35.3 Å². The maximum Gasteiger partial charge on any atom is 0.248 e. The third-order valence-electron chi connectivity index (χ3n) is 19.7. The number of piperidine rings is 4. The average Bonchev–Trinajstić information content (AvgIpc) is 1.56. The summed E-state index contributed by atoms with van der Waals surface area (Å²) in [5.74, 6) is 0.209. The van der Waals surface area contributed by atoms with Gasteiger partial charge in [0.25, 0.3) is 0 Å². The molecule has 8 heterocycles. The number of unbranched alkanes of at least 4 members (excludes halogenated alkanes) is 1. The minimum Gasteiger partial charge on any atom is -0.497 e. The smallest absolute Gasteiger partial charge is 0.248 e. The number of carbonyl (C=O) groups excluding carboxylic acids is 4. The predicted molar refractivity (Wildman–Crippen MR) is 375 cm³/mol. The second-order valence-corrected chi connectivity index (χ2v) is 34.7. The van der Waals surface area contributed by atoms with Crippen LogP contribution in [0, 0.1) is 0 Å². The molecule has 100 heavy (non-hydrogen) atoms. The molecular weight excluding hydrogens is 1370 g/mol. The zero-order valence-corrected chi connectivity index (χ0v) is 62.2. The molecule has 8 aliphatic heterocycles. The molecule has 8 saturated heterocycles. The van der Waals surface area contributed by atoms with Gasteiger partial charge in [0.15, 0.2) is 17.3 Å². The zero-order chi connectivity index (χ0) is 72.5. The minimum atomic E-state index is -3.74. The quantitative estimate of drug-likeness (QED) is 0.0849. The van der Waals surface area contributed by atoms with E-state index < -0.39 is 63.0 Å². The van der Waals surface area contributed by atoms with Crippen molar-refractivity contribution in [1.29, 1.82) is 0 Å². The Labute approximate surface area is 590 Å². The molecule has 4 aromatic carbocycles. The van der Waals surface area contributed by atoms with E-state index in [0.717, 1.165) is 65.1 Å².